The minimum Gasteiger partial charge on any atom is -0.497 e. The molecule has 0 spiro atoms. The van der Waals surface area contributed by atoms with Crippen LogP contribution in [0, 0.1) is 0 Å². The molecule has 0 unspecified atom stereocenters. The number of carbonyl (C=O) groups excluding carboxylic acids is 2. The molecule has 5 nitrogen and oxygen atoms in total. The van der Waals surface area contributed by atoms with Crippen molar-refractivity contribution in [3.63, 3.8) is 0 Å². The molecule has 0 aliphatic carbocycles. The van der Waals surface area contributed by atoms with Crippen molar-refractivity contribution in [3.05, 3.63) is 78.4 Å². The molecule has 3 aromatic rings. The van der Waals surface area contributed by atoms with E-state index >= 15 is 0 Å². The quantitative estimate of drug-likeness (QED) is 0.511. The molecular weight excluding hydrogens is 354 g/mol. The van der Waals surface area contributed by atoms with E-state index in [4.69, 9.17) is 9.47 Å². The molecule has 0 bridgehead atoms. The Balaban J connectivity index is 1.59. The Labute approximate surface area is 163 Å². The van der Waals surface area contributed by atoms with Crippen LogP contribution in [0.2, 0.25) is 0 Å². The summed E-state index contributed by atoms with van der Waals surface area (Å²) in [6.07, 6.45) is 2.08. The van der Waals surface area contributed by atoms with Crippen LogP contribution >= 0.6 is 0 Å². The number of fused-ring (bicyclic) bond motifs is 1. The second-order valence-electron chi connectivity index (χ2n) is 6.24. The summed E-state index contributed by atoms with van der Waals surface area (Å²) in [5.41, 5.74) is 1.51. The number of benzene rings is 3. The standard InChI is InChI=1S/C23H21NO4/c1-16(23(26)24-20-6-4-3-5-7-20)28-22(25)13-9-17-8-10-19-15-21(27-2)12-11-18(19)14-17/h3-16H,1-2H3,(H,24,26)/b13-9+/t16-/m0/s1. The summed E-state index contributed by atoms with van der Waals surface area (Å²) in [4.78, 5) is 24.1. The van der Waals surface area contributed by atoms with Crippen LogP contribution in [-0.4, -0.2) is 25.1 Å². The van der Waals surface area contributed by atoms with Crippen LogP contribution in [-0.2, 0) is 14.3 Å². The van der Waals surface area contributed by atoms with Gasteiger partial charge in [0.2, 0.25) is 0 Å². The Hall–Kier alpha value is -3.60. The Kier molecular flexibility index (Phi) is 6.07. The lowest BCUT2D eigenvalue weighted by atomic mass is 10.1. The van der Waals surface area contributed by atoms with Crippen LogP contribution in [0.1, 0.15) is 12.5 Å². The summed E-state index contributed by atoms with van der Waals surface area (Å²) in [7, 11) is 1.63. The number of hydrogen-bond acceptors (Lipinski definition) is 4. The molecule has 0 radical (unpaired) electrons. The predicted octanol–water partition coefficient (Wildman–Crippen LogP) is 4.43. The lowest BCUT2D eigenvalue weighted by Gasteiger charge is -2.12. The van der Waals surface area contributed by atoms with E-state index in [1.54, 1.807) is 25.3 Å². The molecule has 0 saturated carbocycles. The second-order valence-corrected chi connectivity index (χ2v) is 6.24. The van der Waals surface area contributed by atoms with Crippen molar-refractivity contribution in [2.24, 2.45) is 0 Å². The molecule has 1 N–H and O–H groups in total. The first-order valence-corrected chi connectivity index (χ1v) is 8.87. The normalized spacial score (nSPS) is 11.9. The van der Waals surface area contributed by atoms with E-state index in [1.807, 2.05) is 54.6 Å². The van der Waals surface area contributed by atoms with Gasteiger partial charge in [0, 0.05) is 11.8 Å². The van der Waals surface area contributed by atoms with E-state index in [2.05, 4.69) is 5.32 Å². The van der Waals surface area contributed by atoms with Gasteiger partial charge >= 0.3 is 5.97 Å². The SMILES string of the molecule is COc1ccc2cc(/C=C/C(=O)O[C@@H](C)C(=O)Nc3ccccc3)ccc2c1. The van der Waals surface area contributed by atoms with E-state index in [1.165, 1.54) is 13.0 Å². The molecular formula is C23H21NO4. The molecule has 0 heterocycles. The summed E-state index contributed by atoms with van der Waals surface area (Å²) in [6.45, 7) is 1.54. The maximum atomic E-state index is 12.1. The first-order valence-electron chi connectivity index (χ1n) is 8.87. The summed E-state index contributed by atoms with van der Waals surface area (Å²) >= 11 is 0. The first-order chi connectivity index (χ1) is 13.5. The van der Waals surface area contributed by atoms with Gasteiger partial charge in [-0.15, -0.1) is 0 Å². The number of amides is 1. The number of para-hydroxylation sites is 1. The number of carbonyl (C=O) groups is 2. The fourth-order valence-electron chi connectivity index (χ4n) is 2.67. The molecule has 28 heavy (non-hydrogen) atoms. The van der Waals surface area contributed by atoms with Crippen molar-refractivity contribution in [2.45, 2.75) is 13.0 Å². The maximum absolute atomic E-state index is 12.1. The van der Waals surface area contributed by atoms with Gasteiger partial charge in [-0.1, -0.05) is 36.4 Å². The van der Waals surface area contributed by atoms with Gasteiger partial charge in [0.15, 0.2) is 6.10 Å². The van der Waals surface area contributed by atoms with E-state index < -0.39 is 12.1 Å². The fourth-order valence-corrected chi connectivity index (χ4v) is 2.67. The Morgan fingerprint density at radius 3 is 2.43 bits per heavy atom. The molecule has 0 fully saturated rings. The van der Waals surface area contributed by atoms with Crippen molar-refractivity contribution < 1.29 is 19.1 Å². The largest absolute Gasteiger partial charge is 0.497 e. The van der Waals surface area contributed by atoms with Crippen LogP contribution in [0.15, 0.2) is 72.8 Å². The smallest absolute Gasteiger partial charge is 0.331 e. The number of methoxy groups -OCH3 is 1. The molecule has 3 aromatic carbocycles. The highest BCUT2D eigenvalue weighted by molar-refractivity contribution is 5.96. The van der Waals surface area contributed by atoms with Crippen molar-refractivity contribution >= 4 is 34.4 Å². The maximum Gasteiger partial charge on any atom is 0.331 e. The molecule has 142 valence electrons. The lowest BCUT2D eigenvalue weighted by Crippen LogP contribution is -2.29. The summed E-state index contributed by atoms with van der Waals surface area (Å²) in [5.74, 6) is -0.166. The first kappa shape index (κ1) is 19.2. The molecule has 0 saturated heterocycles. The van der Waals surface area contributed by atoms with E-state index in [-0.39, 0.29) is 5.91 Å². The van der Waals surface area contributed by atoms with E-state index in [0.717, 1.165) is 22.1 Å². The van der Waals surface area contributed by atoms with Crippen LogP contribution in [0.4, 0.5) is 5.69 Å². The van der Waals surface area contributed by atoms with Gasteiger partial charge in [0.05, 0.1) is 7.11 Å². The monoisotopic (exact) mass is 375 g/mol. The third-order valence-corrected chi connectivity index (χ3v) is 4.19. The van der Waals surface area contributed by atoms with Crippen molar-refractivity contribution in [1.82, 2.24) is 0 Å². The zero-order valence-corrected chi connectivity index (χ0v) is 15.7. The molecule has 0 aliphatic rings. The average Bonchev–Trinajstić information content (AvgIpc) is 2.72. The van der Waals surface area contributed by atoms with Gasteiger partial charge in [-0.25, -0.2) is 4.79 Å². The van der Waals surface area contributed by atoms with Gasteiger partial charge in [-0.05, 0) is 59.7 Å². The summed E-state index contributed by atoms with van der Waals surface area (Å²) in [6, 6.07) is 20.6. The average molecular weight is 375 g/mol. The highest BCUT2D eigenvalue weighted by Crippen LogP contribution is 2.22. The number of ether oxygens (including phenoxy) is 2. The van der Waals surface area contributed by atoms with Crippen molar-refractivity contribution in [2.75, 3.05) is 12.4 Å². The molecule has 1 amide bonds. The van der Waals surface area contributed by atoms with Crippen LogP contribution in [0.25, 0.3) is 16.8 Å². The van der Waals surface area contributed by atoms with Crippen LogP contribution in [0.3, 0.4) is 0 Å². The minimum absolute atomic E-state index is 0.382. The predicted molar refractivity (Wildman–Crippen MR) is 110 cm³/mol. The van der Waals surface area contributed by atoms with Gasteiger partial charge in [0.1, 0.15) is 5.75 Å². The number of hydrogen-bond donors (Lipinski definition) is 1. The molecule has 3 rings (SSSR count). The zero-order valence-electron chi connectivity index (χ0n) is 15.7. The van der Waals surface area contributed by atoms with E-state index in [9.17, 15) is 9.59 Å². The third kappa shape index (κ3) is 4.98. The minimum atomic E-state index is -0.901. The Morgan fingerprint density at radius 2 is 1.68 bits per heavy atom. The van der Waals surface area contributed by atoms with Crippen molar-refractivity contribution in [3.8, 4) is 5.75 Å². The number of anilines is 1. The summed E-state index contributed by atoms with van der Waals surface area (Å²) in [5, 5.41) is 4.78. The van der Waals surface area contributed by atoms with Crippen LogP contribution in [0.5, 0.6) is 5.75 Å². The van der Waals surface area contributed by atoms with Crippen molar-refractivity contribution in [1.29, 1.82) is 0 Å². The van der Waals surface area contributed by atoms with Gasteiger partial charge in [-0.3, -0.25) is 4.79 Å². The van der Waals surface area contributed by atoms with Gasteiger partial charge < -0.3 is 14.8 Å². The highest BCUT2D eigenvalue weighted by Gasteiger charge is 2.16. The van der Waals surface area contributed by atoms with Crippen LogP contribution < -0.4 is 10.1 Å². The molecule has 5 heteroatoms. The Bertz CT molecular complexity index is 1010. The lowest BCUT2D eigenvalue weighted by molar-refractivity contribution is -0.148. The summed E-state index contributed by atoms with van der Waals surface area (Å²) < 4.78 is 10.4. The topological polar surface area (TPSA) is 64.6 Å². The van der Waals surface area contributed by atoms with Gasteiger partial charge in [0.25, 0.3) is 5.91 Å². The van der Waals surface area contributed by atoms with Gasteiger partial charge in [-0.2, -0.15) is 0 Å². The molecule has 0 aliphatic heterocycles. The number of rotatable bonds is 6. The van der Waals surface area contributed by atoms with E-state index in [0.29, 0.717) is 5.69 Å². The fraction of sp³-hybridized carbons (Fsp3) is 0.130. The third-order valence-electron chi connectivity index (χ3n) is 4.19. The second kappa shape index (κ2) is 8.86. The molecule has 0 aromatic heterocycles. The highest BCUT2D eigenvalue weighted by atomic mass is 16.5. The number of esters is 1. The zero-order chi connectivity index (χ0) is 19.9. The number of nitrogens with one attached hydrogen (secondary N) is 1. The Morgan fingerprint density at radius 1 is 0.964 bits per heavy atom. The molecule has 1 atom stereocenters.